The number of hydrogen-bond donors (Lipinski definition) is 1. The topological polar surface area (TPSA) is 155 Å². The smallest absolute Gasteiger partial charge is 0.286 e. The maximum Gasteiger partial charge on any atom is 0.286 e. The van der Waals surface area contributed by atoms with Crippen LogP contribution in [0.2, 0.25) is 0 Å². The lowest BCUT2D eigenvalue weighted by Gasteiger charge is -2.40. The minimum Gasteiger partial charge on any atom is -0.380 e. The molecule has 0 bridgehead atoms. The molecule has 2 aromatic heterocycles. The van der Waals surface area contributed by atoms with Gasteiger partial charge in [0.15, 0.2) is 5.82 Å². The summed E-state index contributed by atoms with van der Waals surface area (Å²) < 4.78 is 32.5. The van der Waals surface area contributed by atoms with Crippen LogP contribution in [0.15, 0.2) is 23.4 Å². The lowest BCUT2D eigenvalue weighted by atomic mass is 10.1. The molecule has 1 N–H and O–H groups in total. The molecule has 0 radical (unpaired) electrons. The van der Waals surface area contributed by atoms with Crippen LogP contribution >= 0.6 is 0 Å². The van der Waals surface area contributed by atoms with Gasteiger partial charge in [-0.25, -0.2) is 15.0 Å². The first kappa shape index (κ1) is 19.1. The lowest BCUT2D eigenvalue weighted by Crippen LogP contribution is -2.73. The molecule has 0 spiro atoms. The molecule has 1 unspecified atom stereocenters. The number of nitrogens with one attached hydrogen (secondary N) is 1. The zero-order valence-corrected chi connectivity index (χ0v) is 15.6. The van der Waals surface area contributed by atoms with Crippen molar-refractivity contribution >= 4 is 16.0 Å². The highest BCUT2D eigenvalue weighted by molar-refractivity contribution is 7.86. The first-order valence-corrected chi connectivity index (χ1v) is 9.49. The molecule has 0 amide bonds. The number of carbonyl (C=O) groups is 1. The van der Waals surface area contributed by atoms with Crippen LogP contribution in [-0.4, -0.2) is 77.0 Å². The van der Waals surface area contributed by atoms with Gasteiger partial charge in [0.05, 0.1) is 6.04 Å². The van der Waals surface area contributed by atoms with Gasteiger partial charge in [-0.05, 0) is 5.27 Å². The molecule has 1 aliphatic rings. The van der Waals surface area contributed by atoms with E-state index in [0.29, 0.717) is 6.54 Å². The highest BCUT2D eigenvalue weighted by atomic mass is 32.2. The summed E-state index contributed by atoms with van der Waals surface area (Å²) in [7, 11) is -2.24. The zero-order chi connectivity index (χ0) is 19.6. The molecule has 1 fully saturated rings. The van der Waals surface area contributed by atoms with Crippen LogP contribution in [0, 0.1) is 5.41 Å². The summed E-state index contributed by atoms with van der Waals surface area (Å²) >= 11 is 0. The highest BCUT2D eigenvalue weighted by Gasteiger charge is 2.39. The van der Waals surface area contributed by atoms with Crippen LogP contribution in [0.5, 0.6) is 0 Å². The van der Waals surface area contributed by atoms with Gasteiger partial charge in [0.1, 0.15) is 12.7 Å². The van der Waals surface area contributed by atoms with Crippen molar-refractivity contribution in [2.75, 3.05) is 38.2 Å². The molecule has 1 saturated heterocycles. The second-order valence-electron chi connectivity index (χ2n) is 5.77. The van der Waals surface area contributed by atoms with Crippen LogP contribution in [0.1, 0.15) is 17.5 Å². The fourth-order valence-electron chi connectivity index (χ4n) is 2.66. The number of piperazine rings is 1. The molecule has 1 aliphatic heterocycles. The SMILES string of the molecule is CCN(C)S(=O)(=O)N1CCN([n+]2cc(=N)o[n-]2)C(C(=O)c2ncncn2)C1. The Labute approximate surface area is 154 Å². The fraction of sp³-hybridized carbons (Fsp3) is 0.538. The van der Waals surface area contributed by atoms with Crippen molar-refractivity contribution in [3.05, 3.63) is 30.2 Å². The second kappa shape index (κ2) is 7.50. The molecule has 27 heavy (non-hydrogen) atoms. The summed E-state index contributed by atoms with van der Waals surface area (Å²) in [5, 5.41) is 12.7. The van der Waals surface area contributed by atoms with Crippen LogP contribution in [0.4, 0.5) is 0 Å². The monoisotopic (exact) mass is 397 g/mol. The summed E-state index contributed by atoms with van der Waals surface area (Å²) in [4.78, 5) is 25.6. The Bertz CT molecular complexity index is 957. The average molecular weight is 397 g/mol. The predicted octanol–water partition coefficient (Wildman–Crippen LogP) is -3.11. The Hall–Kier alpha value is -2.71. The van der Waals surface area contributed by atoms with Crippen molar-refractivity contribution in [3.63, 3.8) is 0 Å². The van der Waals surface area contributed by atoms with E-state index in [1.165, 1.54) is 44.3 Å². The van der Waals surface area contributed by atoms with E-state index >= 15 is 0 Å². The number of ketones is 1. The summed E-state index contributed by atoms with van der Waals surface area (Å²) in [6.45, 7) is 2.21. The van der Waals surface area contributed by atoms with Gasteiger partial charge in [-0.3, -0.25) is 15.2 Å². The van der Waals surface area contributed by atoms with Crippen molar-refractivity contribution in [1.29, 1.82) is 5.41 Å². The quantitative estimate of drug-likeness (QED) is 0.394. The molecular weight excluding hydrogens is 378 g/mol. The van der Waals surface area contributed by atoms with E-state index in [9.17, 15) is 13.2 Å². The maximum atomic E-state index is 13.0. The molecule has 0 aromatic carbocycles. The standard InChI is InChI=1S/C13H19N9O4S/c1-3-19(2)27(24,25)20-4-5-21(22-7-11(14)26-18-22)10(6-20)12(23)13-16-8-15-9-17-13/h7-10,14H,3-6H2,1-2H3. The number of aromatic nitrogens is 5. The zero-order valence-electron chi connectivity index (χ0n) is 14.8. The normalized spacial score (nSPS) is 18.8. The summed E-state index contributed by atoms with van der Waals surface area (Å²) in [6.07, 6.45) is 3.67. The first-order valence-electron chi connectivity index (χ1n) is 8.09. The molecule has 14 heteroatoms. The Kier molecular flexibility index (Phi) is 5.29. The third kappa shape index (κ3) is 3.72. The lowest BCUT2D eigenvalue weighted by molar-refractivity contribution is -0.766. The molecule has 0 saturated carbocycles. The van der Waals surface area contributed by atoms with Crippen LogP contribution in [-0.2, 0) is 10.2 Å². The third-order valence-electron chi connectivity index (χ3n) is 4.22. The van der Waals surface area contributed by atoms with Crippen molar-refractivity contribution in [2.45, 2.75) is 13.0 Å². The van der Waals surface area contributed by atoms with Gasteiger partial charge < -0.3 is 4.52 Å². The van der Waals surface area contributed by atoms with E-state index < -0.39 is 22.0 Å². The van der Waals surface area contributed by atoms with Gasteiger partial charge >= 0.3 is 0 Å². The second-order valence-corrected chi connectivity index (χ2v) is 7.81. The van der Waals surface area contributed by atoms with Crippen molar-refractivity contribution in [2.24, 2.45) is 0 Å². The van der Waals surface area contributed by atoms with E-state index in [1.807, 2.05) is 0 Å². The third-order valence-corrected chi connectivity index (χ3v) is 6.25. The van der Waals surface area contributed by atoms with E-state index in [2.05, 4.69) is 20.2 Å². The van der Waals surface area contributed by atoms with Crippen LogP contribution in [0.3, 0.4) is 0 Å². The summed E-state index contributed by atoms with van der Waals surface area (Å²) in [5.74, 6) is -0.572. The molecule has 146 valence electrons. The van der Waals surface area contributed by atoms with Crippen molar-refractivity contribution in [3.8, 4) is 0 Å². The molecule has 1 atom stereocenters. The molecule has 0 aliphatic carbocycles. The number of carbonyl (C=O) groups excluding carboxylic acids is 1. The number of nitrogens with zero attached hydrogens (tertiary/aromatic N) is 8. The predicted molar refractivity (Wildman–Crippen MR) is 87.9 cm³/mol. The average Bonchev–Trinajstić information content (AvgIpc) is 3.13. The highest BCUT2D eigenvalue weighted by Crippen LogP contribution is 2.15. The molecule has 3 heterocycles. The van der Waals surface area contributed by atoms with Crippen molar-refractivity contribution in [1.82, 2.24) is 28.8 Å². The van der Waals surface area contributed by atoms with Gasteiger partial charge in [-0.15, -0.1) is 0 Å². The van der Waals surface area contributed by atoms with Crippen molar-refractivity contribution < 1.29 is 22.5 Å². The molecule has 2 aromatic rings. The first-order chi connectivity index (χ1) is 12.8. The largest absolute Gasteiger partial charge is 0.380 e. The Morgan fingerprint density at radius 3 is 2.74 bits per heavy atom. The van der Waals surface area contributed by atoms with E-state index in [4.69, 9.17) is 9.93 Å². The number of Topliss-reactive ketones (excluding diaryl/α,β-unsaturated/α-hetero) is 1. The van der Waals surface area contributed by atoms with Gasteiger partial charge in [-0.1, -0.05) is 11.7 Å². The van der Waals surface area contributed by atoms with E-state index in [0.717, 1.165) is 0 Å². The van der Waals surface area contributed by atoms with E-state index in [1.54, 1.807) is 6.92 Å². The molecule has 13 nitrogen and oxygen atoms in total. The molecular formula is C13H19N9O4S. The van der Waals surface area contributed by atoms with Crippen LogP contribution < -0.4 is 20.6 Å². The van der Waals surface area contributed by atoms with E-state index in [-0.39, 0.29) is 31.0 Å². The number of hydrogen-bond acceptors (Lipinski definition) is 9. The molecule has 3 rings (SSSR count). The minimum atomic E-state index is -3.72. The summed E-state index contributed by atoms with van der Waals surface area (Å²) in [5.41, 5.74) is -0.192. The Balaban J connectivity index is 1.95. The van der Waals surface area contributed by atoms with Gasteiger partial charge in [0.2, 0.25) is 5.78 Å². The number of rotatable bonds is 6. The Morgan fingerprint density at radius 2 is 2.15 bits per heavy atom. The van der Waals surface area contributed by atoms with Gasteiger partial charge in [0, 0.05) is 33.2 Å². The minimum absolute atomic E-state index is 0.0849. The summed E-state index contributed by atoms with van der Waals surface area (Å²) in [6, 6.07) is -0.948. The van der Waals surface area contributed by atoms with Gasteiger partial charge in [-0.2, -0.15) is 17.0 Å². The maximum absolute atomic E-state index is 13.0. The van der Waals surface area contributed by atoms with Gasteiger partial charge in [0.25, 0.3) is 22.0 Å². The van der Waals surface area contributed by atoms with Crippen LogP contribution in [0.25, 0.3) is 0 Å². The Morgan fingerprint density at radius 1 is 1.44 bits per heavy atom. The fourth-order valence-corrected chi connectivity index (χ4v) is 4.02.